The quantitative estimate of drug-likeness (QED) is 0.605. The van der Waals surface area contributed by atoms with Gasteiger partial charge in [0.05, 0.1) is 0 Å². The molecule has 92 valence electrons. The molecule has 1 rings (SSSR count). The molecule has 3 heteroatoms. The first-order valence-corrected chi connectivity index (χ1v) is 5.93. The summed E-state index contributed by atoms with van der Waals surface area (Å²) in [5.41, 5.74) is 9.00. The summed E-state index contributed by atoms with van der Waals surface area (Å²) in [7, 11) is 0. The first-order valence-electron chi connectivity index (χ1n) is 5.93. The van der Waals surface area contributed by atoms with Crippen molar-refractivity contribution in [1.82, 2.24) is 5.32 Å². The van der Waals surface area contributed by atoms with E-state index < -0.39 is 0 Å². The van der Waals surface area contributed by atoms with Gasteiger partial charge in [0.15, 0.2) is 0 Å². The summed E-state index contributed by atoms with van der Waals surface area (Å²) in [6.45, 7) is 4.31. The predicted molar refractivity (Wildman–Crippen MR) is 72.6 cm³/mol. The zero-order chi connectivity index (χ0) is 12.7. The number of carbonyl (C=O) groups is 1. The third-order valence-corrected chi connectivity index (χ3v) is 2.54. The normalized spacial score (nSPS) is 10.7. The SMILES string of the molecule is CCc1ccc(N)c(C=CCCNC(C)=O)c1. The first kappa shape index (κ1) is 13.3. The van der Waals surface area contributed by atoms with E-state index in [-0.39, 0.29) is 5.91 Å². The molecule has 3 nitrogen and oxygen atoms in total. The molecule has 0 aromatic heterocycles. The second kappa shape index (κ2) is 6.74. The number of anilines is 1. The zero-order valence-electron chi connectivity index (χ0n) is 10.5. The average Bonchev–Trinajstić information content (AvgIpc) is 2.30. The van der Waals surface area contributed by atoms with E-state index in [2.05, 4.69) is 18.3 Å². The van der Waals surface area contributed by atoms with Crippen LogP contribution in [0.25, 0.3) is 6.08 Å². The molecule has 1 amide bonds. The van der Waals surface area contributed by atoms with Gasteiger partial charge in [-0.3, -0.25) is 4.79 Å². The Kier molecular flexibility index (Phi) is 5.27. The molecule has 0 fully saturated rings. The monoisotopic (exact) mass is 232 g/mol. The van der Waals surface area contributed by atoms with Crippen molar-refractivity contribution in [3.8, 4) is 0 Å². The minimum atomic E-state index is 0.00546. The Morgan fingerprint density at radius 2 is 2.24 bits per heavy atom. The number of amides is 1. The van der Waals surface area contributed by atoms with Crippen LogP contribution in [0.4, 0.5) is 5.69 Å². The van der Waals surface area contributed by atoms with Crippen molar-refractivity contribution in [1.29, 1.82) is 0 Å². The molecule has 17 heavy (non-hydrogen) atoms. The Morgan fingerprint density at radius 3 is 2.88 bits per heavy atom. The van der Waals surface area contributed by atoms with E-state index in [0.717, 1.165) is 24.1 Å². The van der Waals surface area contributed by atoms with Crippen molar-refractivity contribution in [3.05, 3.63) is 35.4 Å². The minimum absolute atomic E-state index is 0.00546. The van der Waals surface area contributed by atoms with Gasteiger partial charge in [-0.25, -0.2) is 0 Å². The van der Waals surface area contributed by atoms with E-state index >= 15 is 0 Å². The standard InChI is InChI=1S/C14H20N2O/c1-3-12-7-8-14(15)13(10-12)6-4-5-9-16-11(2)17/h4,6-8,10H,3,5,9,15H2,1-2H3,(H,16,17). The summed E-state index contributed by atoms with van der Waals surface area (Å²) in [6, 6.07) is 6.08. The van der Waals surface area contributed by atoms with Gasteiger partial charge in [-0.1, -0.05) is 25.1 Å². The predicted octanol–water partition coefficient (Wildman–Crippen LogP) is 2.37. The topological polar surface area (TPSA) is 55.1 Å². The molecule has 0 spiro atoms. The van der Waals surface area contributed by atoms with E-state index in [0.29, 0.717) is 6.54 Å². The van der Waals surface area contributed by atoms with Crippen molar-refractivity contribution >= 4 is 17.7 Å². The number of nitrogen functional groups attached to an aromatic ring is 1. The lowest BCUT2D eigenvalue weighted by molar-refractivity contribution is -0.118. The molecule has 0 saturated carbocycles. The van der Waals surface area contributed by atoms with Gasteiger partial charge in [-0.15, -0.1) is 0 Å². The van der Waals surface area contributed by atoms with Gasteiger partial charge in [0, 0.05) is 19.2 Å². The Hall–Kier alpha value is -1.77. The van der Waals surface area contributed by atoms with Crippen LogP contribution in [-0.2, 0) is 11.2 Å². The van der Waals surface area contributed by atoms with Gasteiger partial charge in [0.25, 0.3) is 0 Å². The van der Waals surface area contributed by atoms with E-state index in [1.54, 1.807) is 0 Å². The first-order chi connectivity index (χ1) is 8.13. The van der Waals surface area contributed by atoms with E-state index in [1.807, 2.05) is 24.3 Å². The van der Waals surface area contributed by atoms with Gasteiger partial charge in [-0.05, 0) is 36.1 Å². The fraction of sp³-hybridized carbons (Fsp3) is 0.357. The largest absolute Gasteiger partial charge is 0.398 e. The van der Waals surface area contributed by atoms with Crippen molar-refractivity contribution < 1.29 is 4.79 Å². The summed E-state index contributed by atoms with van der Waals surface area (Å²) in [6.07, 6.45) is 5.86. The number of carbonyl (C=O) groups excluding carboxylic acids is 1. The molecule has 0 unspecified atom stereocenters. The van der Waals surface area contributed by atoms with Crippen LogP contribution in [0.1, 0.15) is 31.4 Å². The summed E-state index contributed by atoms with van der Waals surface area (Å²) < 4.78 is 0. The van der Waals surface area contributed by atoms with Crippen LogP contribution in [-0.4, -0.2) is 12.5 Å². The lowest BCUT2D eigenvalue weighted by Gasteiger charge is -2.03. The molecule has 3 N–H and O–H groups in total. The Balaban J connectivity index is 2.55. The number of nitrogens with one attached hydrogen (secondary N) is 1. The van der Waals surface area contributed by atoms with Gasteiger partial charge in [0.2, 0.25) is 5.91 Å². The maximum atomic E-state index is 10.7. The van der Waals surface area contributed by atoms with Crippen LogP contribution < -0.4 is 11.1 Å². The Labute approximate surface area is 103 Å². The molecule has 0 heterocycles. The molecule has 0 aliphatic carbocycles. The van der Waals surface area contributed by atoms with Gasteiger partial charge >= 0.3 is 0 Å². The van der Waals surface area contributed by atoms with Crippen LogP contribution >= 0.6 is 0 Å². The maximum absolute atomic E-state index is 10.7. The molecular formula is C14H20N2O. The molecule has 0 aliphatic rings. The number of hydrogen-bond donors (Lipinski definition) is 2. The van der Waals surface area contributed by atoms with E-state index in [1.165, 1.54) is 12.5 Å². The molecular weight excluding hydrogens is 212 g/mol. The van der Waals surface area contributed by atoms with Gasteiger partial charge < -0.3 is 11.1 Å². The lowest BCUT2D eigenvalue weighted by atomic mass is 10.1. The van der Waals surface area contributed by atoms with Crippen LogP contribution in [0.5, 0.6) is 0 Å². The summed E-state index contributed by atoms with van der Waals surface area (Å²) >= 11 is 0. The van der Waals surface area contributed by atoms with Crippen molar-refractivity contribution in [2.45, 2.75) is 26.7 Å². The maximum Gasteiger partial charge on any atom is 0.216 e. The third-order valence-electron chi connectivity index (χ3n) is 2.54. The average molecular weight is 232 g/mol. The highest BCUT2D eigenvalue weighted by atomic mass is 16.1. The van der Waals surface area contributed by atoms with Crippen molar-refractivity contribution in [3.63, 3.8) is 0 Å². The Morgan fingerprint density at radius 1 is 1.47 bits per heavy atom. The van der Waals surface area contributed by atoms with Crippen LogP contribution in [0, 0.1) is 0 Å². The molecule has 0 saturated heterocycles. The van der Waals surface area contributed by atoms with Crippen molar-refractivity contribution in [2.75, 3.05) is 12.3 Å². The number of nitrogens with two attached hydrogens (primary N) is 1. The van der Waals surface area contributed by atoms with Gasteiger partial charge in [-0.2, -0.15) is 0 Å². The van der Waals surface area contributed by atoms with Gasteiger partial charge in [0.1, 0.15) is 0 Å². The molecule has 0 bridgehead atoms. The van der Waals surface area contributed by atoms with Crippen LogP contribution in [0.2, 0.25) is 0 Å². The van der Waals surface area contributed by atoms with Crippen molar-refractivity contribution in [2.24, 2.45) is 0 Å². The minimum Gasteiger partial charge on any atom is -0.398 e. The summed E-state index contributed by atoms with van der Waals surface area (Å²) in [5, 5.41) is 2.75. The van der Waals surface area contributed by atoms with Crippen LogP contribution in [0.3, 0.4) is 0 Å². The Bertz CT molecular complexity index is 411. The summed E-state index contributed by atoms with van der Waals surface area (Å²) in [5.74, 6) is 0.00546. The second-order valence-corrected chi connectivity index (χ2v) is 3.99. The third kappa shape index (κ3) is 4.72. The molecule has 0 aliphatic heterocycles. The number of aryl methyl sites for hydroxylation is 1. The second-order valence-electron chi connectivity index (χ2n) is 3.99. The molecule has 0 radical (unpaired) electrons. The number of benzene rings is 1. The van der Waals surface area contributed by atoms with E-state index in [9.17, 15) is 4.79 Å². The fourth-order valence-electron chi connectivity index (χ4n) is 1.53. The molecule has 1 aromatic rings. The van der Waals surface area contributed by atoms with E-state index in [4.69, 9.17) is 5.73 Å². The fourth-order valence-corrected chi connectivity index (χ4v) is 1.53. The molecule has 1 aromatic carbocycles. The van der Waals surface area contributed by atoms with Crippen LogP contribution in [0.15, 0.2) is 24.3 Å². The zero-order valence-corrected chi connectivity index (χ0v) is 10.5. The highest BCUT2D eigenvalue weighted by Crippen LogP contribution is 2.16. The number of rotatable bonds is 5. The molecule has 0 atom stereocenters. The lowest BCUT2D eigenvalue weighted by Crippen LogP contribution is -2.20. The summed E-state index contributed by atoms with van der Waals surface area (Å²) in [4.78, 5) is 10.7. The number of hydrogen-bond acceptors (Lipinski definition) is 2. The smallest absolute Gasteiger partial charge is 0.216 e. The highest BCUT2D eigenvalue weighted by Gasteiger charge is 1.96. The highest BCUT2D eigenvalue weighted by molar-refractivity contribution is 5.72.